The van der Waals surface area contributed by atoms with E-state index in [9.17, 15) is 24.3 Å². The van der Waals surface area contributed by atoms with Gasteiger partial charge in [0, 0.05) is 29.5 Å². The third-order valence-corrected chi connectivity index (χ3v) is 9.33. The lowest BCUT2D eigenvalue weighted by atomic mass is 10.1. The van der Waals surface area contributed by atoms with Crippen LogP contribution >= 0.6 is 0 Å². The standard InChI is InChI=1S/C37H42N4O8/c1-3-48-37(46)41-31-18-24(31)14-8-5-4-6-11-15-28(35(43)44)39-36(45)40-22-26(20-32(40)34(41)42)49-33-21-29(23-12-9-7-10-13-23)38-30-19-25(47-2)16-17-27(30)33/h7-10,12-14,16-17,19,21,24,26,28,31-32H,3-6,11,15,18,20,22H2,1-2H3,(H,39,45)(H,43,44)/t24-,26?,28+,31?,32+/m1/s1. The average Bonchev–Trinajstić information content (AvgIpc) is 3.72. The summed E-state index contributed by atoms with van der Waals surface area (Å²) in [5, 5.41) is 13.3. The zero-order valence-corrected chi connectivity index (χ0v) is 27.7. The van der Waals surface area contributed by atoms with Crippen molar-refractivity contribution in [2.24, 2.45) is 5.92 Å². The lowest BCUT2D eigenvalue weighted by Crippen LogP contribution is -2.55. The van der Waals surface area contributed by atoms with E-state index in [1.807, 2.05) is 54.6 Å². The number of methoxy groups -OCH3 is 1. The molecule has 2 aliphatic heterocycles. The fourth-order valence-corrected chi connectivity index (χ4v) is 6.67. The van der Waals surface area contributed by atoms with Crippen LogP contribution in [-0.4, -0.2) is 88.4 Å². The summed E-state index contributed by atoms with van der Waals surface area (Å²) >= 11 is 0. The number of carboxylic acids is 1. The van der Waals surface area contributed by atoms with Crippen LogP contribution in [0.25, 0.3) is 22.2 Å². The third-order valence-electron chi connectivity index (χ3n) is 9.33. The van der Waals surface area contributed by atoms with Crippen LogP contribution in [0.4, 0.5) is 9.59 Å². The highest BCUT2D eigenvalue weighted by Gasteiger charge is 2.51. The van der Waals surface area contributed by atoms with Crippen molar-refractivity contribution in [3.63, 3.8) is 0 Å². The zero-order valence-electron chi connectivity index (χ0n) is 27.7. The zero-order chi connectivity index (χ0) is 34.5. The van der Waals surface area contributed by atoms with Crippen LogP contribution in [0.15, 0.2) is 66.7 Å². The van der Waals surface area contributed by atoms with Crippen LogP contribution in [0.5, 0.6) is 11.5 Å². The van der Waals surface area contributed by atoms with E-state index < -0.39 is 42.2 Å². The Labute approximate surface area is 285 Å². The summed E-state index contributed by atoms with van der Waals surface area (Å²) in [5.41, 5.74) is 2.18. The first kappa shape index (κ1) is 33.8. The predicted molar refractivity (Wildman–Crippen MR) is 181 cm³/mol. The lowest BCUT2D eigenvalue weighted by Gasteiger charge is -2.29. The van der Waals surface area contributed by atoms with Gasteiger partial charge in [0.25, 0.3) is 5.91 Å². The molecule has 1 aromatic heterocycles. The minimum atomic E-state index is -1.15. The maximum atomic E-state index is 14.3. The number of ether oxygens (including phenoxy) is 3. The minimum Gasteiger partial charge on any atom is -0.497 e. The number of urea groups is 1. The number of fused-ring (bicyclic) bond motifs is 3. The monoisotopic (exact) mass is 670 g/mol. The van der Waals surface area contributed by atoms with Crippen molar-refractivity contribution in [2.75, 3.05) is 20.3 Å². The quantitative estimate of drug-likeness (QED) is 0.311. The first-order chi connectivity index (χ1) is 23.8. The number of aliphatic carboxylic acids is 1. The molecule has 2 unspecified atom stereocenters. The number of aromatic nitrogens is 1. The number of imide groups is 1. The Hall–Kier alpha value is -5.13. The average molecular weight is 671 g/mol. The van der Waals surface area contributed by atoms with E-state index in [0.717, 1.165) is 29.7 Å². The Morgan fingerprint density at radius 3 is 2.61 bits per heavy atom. The van der Waals surface area contributed by atoms with Gasteiger partial charge in [0.15, 0.2) is 0 Å². The number of benzene rings is 2. The van der Waals surface area contributed by atoms with Crippen LogP contribution in [0.2, 0.25) is 0 Å². The summed E-state index contributed by atoms with van der Waals surface area (Å²) in [7, 11) is 1.58. The van der Waals surface area contributed by atoms with Crippen LogP contribution < -0.4 is 14.8 Å². The van der Waals surface area contributed by atoms with Crippen molar-refractivity contribution < 1.29 is 38.5 Å². The second kappa shape index (κ2) is 15.0. The molecule has 3 heterocycles. The largest absolute Gasteiger partial charge is 0.497 e. The van der Waals surface area contributed by atoms with Crippen molar-refractivity contribution in [2.45, 2.75) is 76.1 Å². The molecule has 3 aliphatic rings. The number of carbonyl (C=O) groups excluding carboxylic acids is 3. The van der Waals surface area contributed by atoms with Gasteiger partial charge in [-0.2, -0.15) is 0 Å². The van der Waals surface area contributed by atoms with Crippen molar-refractivity contribution in [3.8, 4) is 22.8 Å². The van der Waals surface area contributed by atoms with Gasteiger partial charge < -0.3 is 29.5 Å². The number of hydrogen-bond acceptors (Lipinski definition) is 8. The molecule has 5 atom stereocenters. The second-order valence-electron chi connectivity index (χ2n) is 12.7. The molecular formula is C37H42N4O8. The summed E-state index contributed by atoms with van der Waals surface area (Å²) in [6.45, 7) is 1.74. The lowest BCUT2D eigenvalue weighted by molar-refractivity contribution is -0.139. The molecule has 12 heteroatoms. The molecule has 1 aliphatic carbocycles. The van der Waals surface area contributed by atoms with Gasteiger partial charge in [-0.15, -0.1) is 0 Å². The van der Waals surface area contributed by atoms with E-state index in [4.69, 9.17) is 19.2 Å². The fraction of sp³-hybridized carbons (Fsp3) is 0.432. The van der Waals surface area contributed by atoms with Gasteiger partial charge in [-0.3, -0.25) is 4.79 Å². The van der Waals surface area contributed by atoms with Gasteiger partial charge >= 0.3 is 18.1 Å². The maximum absolute atomic E-state index is 14.3. The third kappa shape index (κ3) is 7.63. The molecule has 6 rings (SSSR count). The highest BCUT2D eigenvalue weighted by Crippen LogP contribution is 2.40. The number of hydrogen-bond donors (Lipinski definition) is 2. The Morgan fingerprint density at radius 2 is 1.86 bits per heavy atom. The number of carbonyl (C=O) groups is 4. The number of rotatable bonds is 6. The molecule has 4 amide bonds. The molecule has 258 valence electrons. The van der Waals surface area contributed by atoms with E-state index >= 15 is 0 Å². The number of nitrogens with zero attached hydrogens (tertiary/aromatic N) is 3. The highest BCUT2D eigenvalue weighted by molar-refractivity contribution is 5.98. The molecule has 1 saturated heterocycles. The highest BCUT2D eigenvalue weighted by atomic mass is 16.6. The Balaban J connectivity index is 1.35. The topological polar surface area (TPSA) is 148 Å². The second-order valence-corrected chi connectivity index (χ2v) is 12.7. The number of nitrogens with one attached hydrogen (secondary N) is 1. The number of amides is 4. The van der Waals surface area contributed by atoms with E-state index in [0.29, 0.717) is 40.9 Å². The molecule has 2 N–H and O–H groups in total. The van der Waals surface area contributed by atoms with Gasteiger partial charge in [0.2, 0.25) is 0 Å². The van der Waals surface area contributed by atoms with Crippen LogP contribution in [0.1, 0.15) is 51.9 Å². The molecular weight excluding hydrogens is 628 g/mol. The van der Waals surface area contributed by atoms with Crippen molar-refractivity contribution in [1.29, 1.82) is 0 Å². The number of allylic oxidation sites excluding steroid dienone is 1. The van der Waals surface area contributed by atoms with Crippen LogP contribution in [0, 0.1) is 5.92 Å². The Morgan fingerprint density at radius 1 is 1.04 bits per heavy atom. The molecule has 2 aromatic carbocycles. The van der Waals surface area contributed by atoms with E-state index in [1.165, 1.54) is 4.90 Å². The minimum absolute atomic E-state index is 0.00459. The van der Waals surface area contributed by atoms with Gasteiger partial charge in [0.1, 0.15) is 29.7 Å². The SMILES string of the molecule is CCOC(=O)N1C(=O)[C@@H]2CC(Oc3cc(-c4ccccc4)nc4cc(OC)ccc34)CN2C(=O)N[C@H](C(=O)O)CCCCCC=C[C@@H]2CC21. The molecule has 0 spiro atoms. The van der Waals surface area contributed by atoms with E-state index in [1.54, 1.807) is 20.1 Å². The van der Waals surface area contributed by atoms with E-state index in [-0.39, 0.29) is 38.0 Å². The molecule has 0 bridgehead atoms. The van der Waals surface area contributed by atoms with Gasteiger partial charge in [-0.25, -0.2) is 24.3 Å². The molecule has 12 nitrogen and oxygen atoms in total. The van der Waals surface area contributed by atoms with Crippen LogP contribution in [-0.2, 0) is 14.3 Å². The molecule has 3 aromatic rings. The normalized spacial score (nSPS) is 24.5. The first-order valence-corrected chi connectivity index (χ1v) is 16.9. The predicted octanol–water partition coefficient (Wildman–Crippen LogP) is 5.79. The fourth-order valence-electron chi connectivity index (χ4n) is 6.67. The summed E-state index contributed by atoms with van der Waals surface area (Å²) in [6.07, 6.45) is 6.72. The Bertz CT molecular complexity index is 1730. The first-order valence-electron chi connectivity index (χ1n) is 16.9. The molecule has 1 saturated carbocycles. The maximum Gasteiger partial charge on any atom is 0.416 e. The smallest absolute Gasteiger partial charge is 0.416 e. The summed E-state index contributed by atoms with van der Waals surface area (Å²) in [4.78, 5) is 60.9. The number of pyridine rings is 1. The summed E-state index contributed by atoms with van der Waals surface area (Å²) < 4.78 is 17.4. The Kier molecular flexibility index (Phi) is 10.3. The van der Waals surface area contributed by atoms with E-state index in [2.05, 4.69) is 11.4 Å². The number of carboxylic acid groups (broad SMARTS) is 1. The molecule has 0 radical (unpaired) electrons. The summed E-state index contributed by atoms with van der Waals surface area (Å²) in [6, 6.07) is 13.6. The summed E-state index contributed by atoms with van der Waals surface area (Å²) in [5.74, 6) is -0.591. The van der Waals surface area contributed by atoms with Crippen molar-refractivity contribution >= 4 is 34.9 Å². The van der Waals surface area contributed by atoms with Crippen LogP contribution in [0.3, 0.4) is 0 Å². The van der Waals surface area contributed by atoms with Gasteiger partial charge in [-0.05, 0) is 50.7 Å². The molecule has 2 fully saturated rings. The van der Waals surface area contributed by atoms with Crippen molar-refractivity contribution in [3.05, 3.63) is 66.7 Å². The van der Waals surface area contributed by atoms with Gasteiger partial charge in [0.05, 0.1) is 37.5 Å². The van der Waals surface area contributed by atoms with Crippen molar-refractivity contribution in [1.82, 2.24) is 20.1 Å². The molecule has 49 heavy (non-hydrogen) atoms. The van der Waals surface area contributed by atoms with Gasteiger partial charge in [-0.1, -0.05) is 55.3 Å².